The molecule has 0 spiro atoms. The minimum atomic E-state index is -3.67. The zero-order valence-electron chi connectivity index (χ0n) is 13.3. The fraction of sp³-hybridized carbons (Fsp3) is 0.571. The molecule has 23 heavy (non-hydrogen) atoms. The van der Waals surface area contributed by atoms with Gasteiger partial charge in [-0.25, -0.2) is 8.42 Å². The van der Waals surface area contributed by atoms with Crippen LogP contribution in [0.1, 0.15) is 12.8 Å². The van der Waals surface area contributed by atoms with Gasteiger partial charge in [-0.15, -0.1) is 12.4 Å². The van der Waals surface area contributed by atoms with Gasteiger partial charge in [-0.05, 0) is 19.9 Å². The number of hydrogen-bond acceptors (Lipinski definition) is 5. The summed E-state index contributed by atoms with van der Waals surface area (Å²) >= 11 is 6.17. The first-order chi connectivity index (χ1) is 10.5. The molecule has 1 unspecified atom stereocenters. The van der Waals surface area contributed by atoms with E-state index in [1.165, 1.54) is 30.7 Å². The monoisotopic (exact) mass is 384 g/mol. The van der Waals surface area contributed by atoms with Crippen molar-refractivity contribution in [2.45, 2.75) is 23.8 Å². The molecule has 9 heteroatoms. The van der Waals surface area contributed by atoms with Crippen molar-refractivity contribution >= 4 is 34.0 Å². The normalized spacial score (nSPS) is 18.5. The second kappa shape index (κ2) is 8.39. The van der Waals surface area contributed by atoms with E-state index >= 15 is 0 Å². The zero-order chi connectivity index (χ0) is 16.3. The smallest absolute Gasteiger partial charge is 0.244 e. The molecule has 1 N–H and O–H groups in total. The Bertz CT molecular complexity index is 640. The van der Waals surface area contributed by atoms with Crippen molar-refractivity contribution in [3.8, 4) is 11.5 Å². The Hall–Kier alpha value is -0.730. The average Bonchev–Trinajstić information content (AvgIpc) is 2.96. The highest BCUT2D eigenvalue weighted by Crippen LogP contribution is 2.37. The maximum atomic E-state index is 12.9. The van der Waals surface area contributed by atoms with E-state index in [1.807, 2.05) is 7.05 Å². The van der Waals surface area contributed by atoms with Crippen LogP contribution in [0.25, 0.3) is 0 Å². The molecule has 0 bridgehead atoms. The van der Waals surface area contributed by atoms with Gasteiger partial charge < -0.3 is 14.8 Å². The number of sulfonamides is 1. The van der Waals surface area contributed by atoms with Crippen molar-refractivity contribution in [3.05, 3.63) is 17.2 Å². The van der Waals surface area contributed by atoms with Crippen LogP contribution < -0.4 is 14.8 Å². The molecule has 132 valence electrons. The van der Waals surface area contributed by atoms with Gasteiger partial charge in [-0.1, -0.05) is 11.6 Å². The third-order valence-corrected chi connectivity index (χ3v) is 6.20. The summed E-state index contributed by atoms with van der Waals surface area (Å²) in [4.78, 5) is 0.0508. The quantitative estimate of drug-likeness (QED) is 0.813. The van der Waals surface area contributed by atoms with Crippen LogP contribution in [-0.4, -0.2) is 53.1 Å². The second-order valence-corrected chi connectivity index (χ2v) is 7.37. The number of ether oxygens (including phenoxy) is 2. The van der Waals surface area contributed by atoms with Gasteiger partial charge in [0, 0.05) is 31.3 Å². The number of rotatable bonds is 6. The van der Waals surface area contributed by atoms with Crippen LogP contribution in [0.2, 0.25) is 5.02 Å². The zero-order valence-corrected chi connectivity index (χ0v) is 15.7. The van der Waals surface area contributed by atoms with Crippen LogP contribution in [0.15, 0.2) is 17.0 Å². The Labute approximate surface area is 148 Å². The molecule has 1 aliphatic rings. The Balaban J connectivity index is 0.00000264. The molecule has 1 aromatic rings. The summed E-state index contributed by atoms with van der Waals surface area (Å²) in [6.07, 6.45) is 1.68. The predicted octanol–water partition coefficient (Wildman–Crippen LogP) is 2.15. The van der Waals surface area contributed by atoms with E-state index < -0.39 is 10.0 Å². The molecule has 1 atom stereocenters. The van der Waals surface area contributed by atoms with Gasteiger partial charge in [-0.2, -0.15) is 4.31 Å². The highest BCUT2D eigenvalue weighted by molar-refractivity contribution is 7.89. The SMILES string of the molecule is CNCC1CCCN1S(=O)(=O)c1cc(OC)c(OC)cc1Cl.Cl. The highest BCUT2D eigenvalue weighted by atomic mass is 35.5. The van der Waals surface area contributed by atoms with E-state index in [-0.39, 0.29) is 28.4 Å². The van der Waals surface area contributed by atoms with Crippen LogP contribution in [0.5, 0.6) is 11.5 Å². The third-order valence-electron chi connectivity index (χ3n) is 3.79. The highest BCUT2D eigenvalue weighted by Gasteiger charge is 2.36. The summed E-state index contributed by atoms with van der Waals surface area (Å²) in [5, 5.41) is 3.17. The number of likely N-dealkylation sites (N-methyl/N-ethyl adjacent to an activating group) is 1. The first kappa shape index (κ1) is 20.3. The van der Waals surface area contributed by atoms with E-state index in [0.717, 1.165) is 12.8 Å². The van der Waals surface area contributed by atoms with Gasteiger partial charge in [-0.3, -0.25) is 0 Å². The average molecular weight is 385 g/mol. The Morgan fingerprint density at radius 3 is 2.48 bits per heavy atom. The van der Waals surface area contributed by atoms with E-state index in [0.29, 0.717) is 24.6 Å². The molecule has 1 fully saturated rings. The Morgan fingerprint density at radius 1 is 1.30 bits per heavy atom. The molecule has 1 aliphatic heterocycles. The van der Waals surface area contributed by atoms with Gasteiger partial charge in [0.15, 0.2) is 11.5 Å². The minimum absolute atomic E-state index is 0. The number of benzene rings is 1. The van der Waals surface area contributed by atoms with Crippen molar-refractivity contribution in [1.82, 2.24) is 9.62 Å². The summed E-state index contributed by atoms with van der Waals surface area (Å²) in [5.74, 6) is 0.745. The van der Waals surface area contributed by atoms with Crippen LogP contribution in [0, 0.1) is 0 Å². The molecule has 0 radical (unpaired) electrons. The van der Waals surface area contributed by atoms with E-state index in [1.54, 1.807) is 0 Å². The first-order valence-electron chi connectivity index (χ1n) is 7.03. The summed E-state index contributed by atoms with van der Waals surface area (Å²) in [6, 6.07) is 2.83. The summed E-state index contributed by atoms with van der Waals surface area (Å²) < 4.78 is 37.7. The molecular weight excluding hydrogens is 363 g/mol. The summed E-state index contributed by atoms with van der Waals surface area (Å²) in [5.41, 5.74) is 0. The van der Waals surface area contributed by atoms with Crippen LogP contribution in [-0.2, 0) is 10.0 Å². The topological polar surface area (TPSA) is 67.9 Å². The van der Waals surface area contributed by atoms with Crippen molar-refractivity contribution in [3.63, 3.8) is 0 Å². The molecule has 1 aromatic carbocycles. The Morgan fingerprint density at radius 2 is 1.91 bits per heavy atom. The molecule has 1 saturated heterocycles. The van der Waals surface area contributed by atoms with Gasteiger partial charge in [0.1, 0.15) is 4.90 Å². The molecule has 0 aliphatic carbocycles. The molecule has 0 amide bonds. The number of methoxy groups -OCH3 is 2. The largest absolute Gasteiger partial charge is 0.493 e. The van der Waals surface area contributed by atoms with Gasteiger partial charge >= 0.3 is 0 Å². The summed E-state index contributed by atoms with van der Waals surface area (Å²) in [7, 11) is 1.08. The minimum Gasteiger partial charge on any atom is -0.493 e. The number of nitrogens with one attached hydrogen (secondary N) is 1. The van der Waals surface area contributed by atoms with Gasteiger partial charge in [0.05, 0.1) is 19.2 Å². The Kier molecular flexibility index (Phi) is 7.41. The molecule has 6 nitrogen and oxygen atoms in total. The number of halogens is 2. The van der Waals surface area contributed by atoms with E-state index in [4.69, 9.17) is 21.1 Å². The van der Waals surface area contributed by atoms with Crippen molar-refractivity contribution in [2.75, 3.05) is 34.4 Å². The van der Waals surface area contributed by atoms with Crippen LogP contribution in [0.4, 0.5) is 0 Å². The molecular formula is C14H22Cl2N2O4S. The van der Waals surface area contributed by atoms with Crippen molar-refractivity contribution in [1.29, 1.82) is 0 Å². The fourth-order valence-electron chi connectivity index (χ4n) is 2.72. The van der Waals surface area contributed by atoms with E-state index in [2.05, 4.69) is 5.32 Å². The fourth-order valence-corrected chi connectivity index (χ4v) is 4.93. The lowest BCUT2D eigenvalue weighted by molar-refractivity contribution is 0.352. The van der Waals surface area contributed by atoms with Crippen molar-refractivity contribution < 1.29 is 17.9 Å². The van der Waals surface area contributed by atoms with Crippen molar-refractivity contribution in [2.24, 2.45) is 0 Å². The number of hydrogen-bond donors (Lipinski definition) is 1. The summed E-state index contributed by atoms with van der Waals surface area (Å²) in [6.45, 7) is 1.11. The molecule has 0 saturated carbocycles. The van der Waals surface area contributed by atoms with Crippen LogP contribution in [0.3, 0.4) is 0 Å². The van der Waals surface area contributed by atoms with Gasteiger partial charge in [0.2, 0.25) is 10.0 Å². The van der Waals surface area contributed by atoms with Gasteiger partial charge in [0.25, 0.3) is 0 Å². The van der Waals surface area contributed by atoms with E-state index in [9.17, 15) is 8.42 Å². The lowest BCUT2D eigenvalue weighted by atomic mass is 10.2. The second-order valence-electron chi connectivity index (χ2n) is 5.11. The molecule has 2 rings (SSSR count). The standard InChI is InChI=1S/C14H21ClN2O4S.ClH/c1-16-9-10-5-4-6-17(10)22(18,19)14-8-13(21-3)12(20-2)7-11(14)15;/h7-8,10,16H,4-6,9H2,1-3H3;1H. The third kappa shape index (κ3) is 4.03. The lowest BCUT2D eigenvalue weighted by Gasteiger charge is -2.24. The lowest BCUT2D eigenvalue weighted by Crippen LogP contribution is -2.40. The molecule has 0 aromatic heterocycles. The maximum absolute atomic E-state index is 12.9. The maximum Gasteiger partial charge on any atom is 0.244 e. The number of nitrogens with zero attached hydrogens (tertiary/aromatic N) is 1. The first-order valence-corrected chi connectivity index (χ1v) is 8.85. The predicted molar refractivity (Wildman–Crippen MR) is 92.6 cm³/mol. The van der Waals surface area contributed by atoms with Crippen LogP contribution >= 0.6 is 24.0 Å². The molecule has 1 heterocycles.